The number of aryl methyl sites for hydroxylation is 1. The van der Waals surface area contributed by atoms with E-state index in [9.17, 15) is 14.4 Å². The van der Waals surface area contributed by atoms with Gasteiger partial charge in [0, 0.05) is 29.2 Å². The molecule has 0 bridgehead atoms. The predicted molar refractivity (Wildman–Crippen MR) is 102 cm³/mol. The molecule has 26 heavy (non-hydrogen) atoms. The van der Waals surface area contributed by atoms with Gasteiger partial charge in [0.05, 0.1) is 11.5 Å². The number of rotatable bonds is 5. The standard InChI is InChI=1S/C19H20N2O4S/c1-4-20-11-13(14-8-6-7-9-15(14)20)10-16-17(22)21(19(24)26-16)12(3)18(23)25-5-2/h6-12H,4-5H2,1-3H3/b16-10-/t12-/m0/s1. The molecular weight excluding hydrogens is 352 g/mol. The molecule has 0 unspecified atom stereocenters. The van der Waals surface area contributed by atoms with Gasteiger partial charge in [-0.15, -0.1) is 0 Å². The zero-order chi connectivity index (χ0) is 18.8. The summed E-state index contributed by atoms with van der Waals surface area (Å²) in [6.07, 6.45) is 3.69. The van der Waals surface area contributed by atoms with E-state index >= 15 is 0 Å². The smallest absolute Gasteiger partial charge is 0.329 e. The summed E-state index contributed by atoms with van der Waals surface area (Å²) in [6.45, 7) is 6.23. The molecule has 1 aromatic carbocycles. The van der Waals surface area contributed by atoms with Crippen molar-refractivity contribution in [3.8, 4) is 0 Å². The van der Waals surface area contributed by atoms with Crippen molar-refractivity contribution >= 4 is 45.9 Å². The first-order chi connectivity index (χ1) is 12.5. The lowest BCUT2D eigenvalue weighted by atomic mass is 10.1. The van der Waals surface area contributed by atoms with Crippen molar-refractivity contribution in [3.63, 3.8) is 0 Å². The fourth-order valence-corrected chi connectivity index (χ4v) is 3.87. The molecule has 1 aliphatic rings. The Labute approximate surface area is 155 Å². The van der Waals surface area contributed by atoms with E-state index in [0.717, 1.165) is 39.7 Å². The molecular formula is C19H20N2O4S. The van der Waals surface area contributed by atoms with Gasteiger partial charge in [0.25, 0.3) is 11.1 Å². The molecule has 3 rings (SSSR count). The summed E-state index contributed by atoms with van der Waals surface area (Å²) in [7, 11) is 0. The highest BCUT2D eigenvalue weighted by Gasteiger charge is 2.41. The normalized spacial score (nSPS) is 17.3. The number of ether oxygens (including phenoxy) is 1. The van der Waals surface area contributed by atoms with Gasteiger partial charge in [-0.25, -0.2) is 4.79 Å². The molecule has 1 saturated heterocycles. The number of imide groups is 1. The van der Waals surface area contributed by atoms with Crippen molar-refractivity contribution < 1.29 is 19.1 Å². The Morgan fingerprint density at radius 1 is 1.27 bits per heavy atom. The van der Waals surface area contributed by atoms with E-state index < -0.39 is 23.2 Å². The van der Waals surface area contributed by atoms with Gasteiger partial charge in [-0.05, 0) is 44.7 Å². The molecule has 0 saturated carbocycles. The van der Waals surface area contributed by atoms with Gasteiger partial charge in [-0.2, -0.15) is 0 Å². The molecule has 0 aliphatic carbocycles. The van der Waals surface area contributed by atoms with Crippen molar-refractivity contribution in [1.29, 1.82) is 0 Å². The van der Waals surface area contributed by atoms with E-state index in [-0.39, 0.29) is 6.61 Å². The van der Waals surface area contributed by atoms with Crippen LogP contribution in [0.4, 0.5) is 4.79 Å². The van der Waals surface area contributed by atoms with Gasteiger partial charge in [0.15, 0.2) is 0 Å². The van der Waals surface area contributed by atoms with Gasteiger partial charge >= 0.3 is 5.97 Å². The molecule has 1 fully saturated rings. The van der Waals surface area contributed by atoms with Crippen LogP contribution in [-0.2, 0) is 20.9 Å². The number of aromatic nitrogens is 1. The maximum atomic E-state index is 12.7. The van der Waals surface area contributed by atoms with Gasteiger partial charge in [-0.1, -0.05) is 18.2 Å². The first-order valence-electron chi connectivity index (χ1n) is 8.49. The minimum Gasteiger partial charge on any atom is -0.464 e. The van der Waals surface area contributed by atoms with Gasteiger partial charge in [0.2, 0.25) is 0 Å². The van der Waals surface area contributed by atoms with Crippen LogP contribution in [0, 0.1) is 0 Å². The third-order valence-electron chi connectivity index (χ3n) is 4.29. The molecule has 6 nitrogen and oxygen atoms in total. The van der Waals surface area contributed by atoms with Crippen LogP contribution in [0.1, 0.15) is 26.3 Å². The zero-order valence-corrected chi connectivity index (χ0v) is 15.7. The van der Waals surface area contributed by atoms with Crippen LogP contribution in [-0.4, -0.2) is 39.2 Å². The number of thioether (sulfide) groups is 1. The largest absolute Gasteiger partial charge is 0.464 e. The fraction of sp³-hybridized carbons (Fsp3) is 0.316. The van der Waals surface area contributed by atoms with Gasteiger partial charge in [-0.3, -0.25) is 14.5 Å². The average Bonchev–Trinajstić information content (AvgIpc) is 3.12. The van der Waals surface area contributed by atoms with Crippen molar-refractivity contribution in [2.45, 2.75) is 33.4 Å². The lowest BCUT2D eigenvalue weighted by Crippen LogP contribution is -2.42. The number of carbonyl (C=O) groups excluding carboxylic acids is 3. The van der Waals surface area contributed by atoms with E-state index in [1.165, 1.54) is 6.92 Å². The number of esters is 1. The van der Waals surface area contributed by atoms with E-state index in [1.54, 1.807) is 13.0 Å². The van der Waals surface area contributed by atoms with Gasteiger partial charge < -0.3 is 9.30 Å². The Kier molecular flexibility index (Phi) is 5.18. The molecule has 0 radical (unpaired) electrons. The minimum absolute atomic E-state index is 0.200. The number of benzene rings is 1. The second-order valence-electron chi connectivity index (χ2n) is 5.87. The molecule has 2 amide bonds. The van der Waals surface area contributed by atoms with Crippen molar-refractivity contribution in [3.05, 3.63) is 40.9 Å². The number of para-hydroxylation sites is 1. The highest BCUT2D eigenvalue weighted by molar-refractivity contribution is 8.18. The quantitative estimate of drug-likeness (QED) is 0.592. The summed E-state index contributed by atoms with van der Waals surface area (Å²) >= 11 is 0.847. The summed E-state index contributed by atoms with van der Waals surface area (Å²) in [5.41, 5.74) is 1.94. The van der Waals surface area contributed by atoms with Crippen molar-refractivity contribution in [1.82, 2.24) is 9.47 Å². The first kappa shape index (κ1) is 18.3. The van der Waals surface area contributed by atoms with E-state index in [2.05, 4.69) is 4.57 Å². The van der Waals surface area contributed by atoms with E-state index in [0.29, 0.717) is 4.91 Å². The van der Waals surface area contributed by atoms with Crippen LogP contribution in [0.2, 0.25) is 0 Å². The SMILES string of the molecule is CCOC(=O)[C@H](C)N1C(=O)S/C(=C\c2cn(CC)c3ccccc23)C1=O. The molecule has 1 aromatic heterocycles. The molecule has 1 atom stereocenters. The van der Waals surface area contributed by atoms with E-state index in [4.69, 9.17) is 4.74 Å². The summed E-state index contributed by atoms with van der Waals surface area (Å²) in [4.78, 5) is 38.1. The summed E-state index contributed by atoms with van der Waals surface area (Å²) in [6, 6.07) is 6.97. The van der Waals surface area contributed by atoms with Crippen LogP contribution < -0.4 is 0 Å². The van der Waals surface area contributed by atoms with Crippen molar-refractivity contribution in [2.75, 3.05) is 6.61 Å². The van der Waals surface area contributed by atoms with Crippen LogP contribution in [0.15, 0.2) is 35.4 Å². The lowest BCUT2D eigenvalue weighted by Gasteiger charge is -2.19. The summed E-state index contributed by atoms with van der Waals surface area (Å²) in [5, 5.41) is 0.556. The van der Waals surface area contributed by atoms with Gasteiger partial charge in [0.1, 0.15) is 6.04 Å². The molecule has 2 heterocycles. The number of amides is 2. The third kappa shape index (κ3) is 3.14. The Bertz CT molecular complexity index is 915. The first-order valence-corrected chi connectivity index (χ1v) is 9.31. The second-order valence-corrected chi connectivity index (χ2v) is 6.86. The topological polar surface area (TPSA) is 68.6 Å². The third-order valence-corrected chi connectivity index (χ3v) is 5.17. The Morgan fingerprint density at radius 3 is 2.69 bits per heavy atom. The number of fused-ring (bicyclic) bond motifs is 1. The van der Waals surface area contributed by atoms with Crippen LogP contribution in [0.5, 0.6) is 0 Å². The predicted octanol–water partition coefficient (Wildman–Crippen LogP) is 3.65. The monoisotopic (exact) mass is 372 g/mol. The number of carbonyl (C=O) groups is 3. The maximum Gasteiger partial charge on any atom is 0.329 e. The highest BCUT2D eigenvalue weighted by atomic mass is 32.2. The lowest BCUT2D eigenvalue weighted by molar-refractivity contribution is -0.150. The fourth-order valence-electron chi connectivity index (χ4n) is 2.98. The molecule has 0 spiro atoms. The number of hydrogen-bond acceptors (Lipinski definition) is 5. The molecule has 1 aliphatic heterocycles. The summed E-state index contributed by atoms with van der Waals surface area (Å²) < 4.78 is 7.01. The van der Waals surface area contributed by atoms with Crippen LogP contribution >= 0.6 is 11.8 Å². The maximum absolute atomic E-state index is 12.7. The summed E-state index contributed by atoms with van der Waals surface area (Å²) in [5.74, 6) is -1.05. The second kappa shape index (κ2) is 7.37. The van der Waals surface area contributed by atoms with Crippen LogP contribution in [0.3, 0.4) is 0 Å². The molecule has 2 aromatic rings. The molecule has 7 heteroatoms. The molecule has 136 valence electrons. The zero-order valence-electron chi connectivity index (χ0n) is 14.9. The number of hydrogen-bond donors (Lipinski definition) is 0. The van der Waals surface area contributed by atoms with E-state index in [1.807, 2.05) is 37.4 Å². The average molecular weight is 372 g/mol. The minimum atomic E-state index is -0.940. The number of nitrogens with zero attached hydrogens (tertiary/aromatic N) is 2. The van der Waals surface area contributed by atoms with Crippen LogP contribution in [0.25, 0.3) is 17.0 Å². The molecule has 0 N–H and O–H groups in total. The Morgan fingerprint density at radius 2 is 2.00 bits per heavy atom. The Balaban J connectivity index is 1.95. The highest BCUT2D eigenvalue weighted by Crippen LogP contribution is 2.35. The van der Waals surface area contributed by atoms with Crippen molar-refractivity contribution in [2.24, 2.45) is 0 Å². The Hall–Kier alpha value is -2.54.